The molecule has 0 saturated carbocycles. The van der Waals surface area contributed by atoms with Gasteiger partial charge in [-0.15, -0.1) is 11.3 Å². The third kappa shape index (κ3) is 6.16. The second kappa shape index (κ2) is 11.7. The summed E-state index contributed by atoms with van der Waals surface area (Å²) in [7, 11) is 0. The Labute approximate surface area is 239 Å². The molecule has 0 radical (unpaired) electrons. The number of hydrogen-bond donors (Lipinski definition) is 2. The second-order valence-electron chi connectivity index (χ2n) is 9.41. The van der Waals surface area contributed by atoms with Gasteiger partial charge < -0.3 is 29.0 Å². The molecule has 2 fully saturated rings. The number of aromatic nitrogens is 2. The minimum absolute atomic E-state index is 0.0976. The first-order valence-electron chi connectivity index (χ1n) is 12.8. The van der Waals surface area contributed by atoms with Gasteiger partial charge in [-0.2, -0.15) is 0 Å². The molecule has 12 heteroatoms. The van der Waals surface area contributed by atoms with Crippen molar-refractivity contribution in [2.45, 2.75) is 25.5 Å². The number of aryl methyl sites for hydroxylation is 1. The van der Waals surface area contributed by atoms with E-state index >= 15 is 0 Å². The predicted octanol–water partition coefficient (Wildman–Crippen LogP) is 5.33. The van der Waals surface area contributed by atoms with Crippen LogP contribution in [0, 0.1) is 18.8 Å². The van der Waals surface area contributed by atoms with Gasteiger partial charge >= 0.3 is 6.09 Å². The first-order valence-corrected chi connectivity index (χ1v) is 14.1. The molecule has 2 atom stereocenters. The number of anilines is 2. The summed E-state index contributed by atoms with van der Waals surface area (Å²) in [4.78, 5) is 18.9. The molecule has 10 nitrogen and oxygen atoms in total. The molecule has 0 unspecified atom stereocenters. The zero-order chi connectivity index (χ0) is 27.5. The number of morpholine rings is 1. The molecule has 2 aliphatic rings. The van der Waals surface area contributed by atoms with Crippen molar-refractivity contribution in [2.24, 2.45) is 0 Å². The van der Waals surface area contributed by atoms with E-state index in [4.69, 9.17) is 35.3 Å². The number of hydrogen-bond acceptors (Lipinski definition) is 10. The summed E-state index contributed by atoms with van der Waals surface area (Å²) in [5.74, 6) is 8.57. The summed E-state index contributed by atoms with van der Waals surface area (Å²) in [5.41, 5.74) is 1.39. The van der Waals surface area contributed by atoms with E-state index in [-0.39, 0.29) is 18.2 Å². The molecule has 4 aromatic rings. The highest BCUT2D eigenvalue weighted by Crippen LogP contribution is 2.34. The van der Waals surface area contributed by atoms with Crippen LogP contribution in [0.4, 0.5) is 16.3 Å². The summed E-state index contributed by atoms with van der Waals surface area (Å²) in [6, 6.07) is 11.0. The number of carbonyl (C=O) groups excluding carboxylic acids is 1. The van der Waals surface area contributed by atoms with Gasteiger partial charge in [0.05, 0.1) is 24.3 Å². The summed E-state index contributed by atoms with van der Waals surface area (Å²) < 4.78 is 22.8. The van der Waals surface area contributed by atoms with Crippen LogP contribution in [0.25, 0.3) is 10.1 Å². The van der Waals surface area contributed by atoms with Gasteiger partial charge in [-0.05, 0) is 53.7 Å². The van der Waals surface area contributed by atoms with Crippen molar-refractivity contribution in [2.75, 3.05) is 38.2 Å². The number of ether oxygens (including phenoxy) is 3. The van der Waals surface area contributed by atoms with Crippen LogP contribution in [0.15, 0.2) is 46.3 Å². The number of carbonyl (C=O) groups is 1. The minimum Gasteiger partial charge on any atom is -0.445 e. The van der Waals surface area contributed by atoms with E-state index in [9.17, 15) is 4.79 Å². The summed E-state index contributed by atoms with van der Waals surface area (Å²) in [6.45, 7) is 4.55. The van der Waals surface area contributed by atoms with Crippen molar-refractivity contribution in [3.05, 3.63) is 58.3 Å². The molecule has 2 N–H and O–H groups in total. The standard InChI is InChI=1S/C28H26ClN5O5S/c1-17-12-26(33-39-17)38-24-5-4-19(14-23(24)29)31-27-22-6-11-40-25(22)15-20(32-27)3-2-18-13-21(16-30-18)37-28(35)34-7-9-36-10-8-34/h4-6,11-12,14-15,18,21,30H,7-10,13,16H2,1H3,(H,31,32)/t18-,21-/m1/s1. The molecule has 0 spiro atoms. The van der Waals surface area contributed by atoms with Gasteiger partial charge in [0.15, 0.2) is 0 Å². The van der Waals surface area contributed by atoms with Crippen LogP contribution in [0.1, 0.15) is 17.9 Å². The fourth-order valence-corrected chi connectivity index (χ4v) is 5.50. The van der Waals surface area contributed by atoms with Crippen LogP contribution in [-0.4, -0.2) is 66.1 Å². The third-order valence-electron chi connectivity index (χ3n) is 6.47. The number of fused-ring (bicyclic) bond motifs is 1. The number of pyridine rings is 1. The van der Waals surface area contributed by atoms with Gasteiger partial charge in [-0.3, -0.25) is 5.32 Å². The molecule has 40 heavy (non-hydrogen) atoms. The van der Waals surface area contributed by atoms with E-state index in [1.54, 1.807) is 41.4 Å². The van der Waals surface area contributed by atoms with E-state index < -0.39 is 0 Å². The smallest absolute Gasteiger partial charge is 0.410 e. The van der Waals surface area contributed by atoms with E-state index in [0.717, 1.165) is 15.8 Å². The van der Waals surface area contributed by atoms with Gasteiger partial charge in [-0.1, -0.05) is 17.5 Å². The molecular formula is C28H26ClN5O5S. The van der Waals surface area contributed by atoms with Crippen molar-refractivity contribution in [1.29, 1.82) is 0 Å². The molecule has 2 saturated heterocycles. The van der Waals surface area contributed by atoms with Gasteiger partial charge in [0, 0.05) is 47.9 Å². The van der Waals surface area contributed by atoms with Crippen LogP contribution in [0.5, 0.6) is 11.6 Å². The van der Waals surface area contributed by atoms with Gasteiger partial charge in [0.1, 0.15) is 29.1 Å². The van der Waals surface area contributed by atoms with Crippen molar-refractivity contribution in [3.8, 4) is 23.5 Å². The number of nitrogens with one attached hydrogen (secondary N) is 2. The Kier molecular flexibility index (Phi) is 7.75. The zero-order valence-electron chi connectivity index (χ0n) is 21.6. The number of amides is 1. The van der Waals surface area contributed by atoms with Crippen LogP contribution in [-0.2, 0) is 9.47 Å². The lowest BCUT2D eigenvalue weighted by Gasteiger charge is -2.27. The number of rotatable bonds is 5. The second-order valence-corrected chi connectivity index (χ2v) is 10.8. The minimum atomic E-state index is -0.294. The molecule has 1 aromatic carbocycles. The third-order valence-corrected chi connectivity index (χ3v) is 7.63. The van der Waals surface area contributed by atoms with Crippen molar-refractivity contribution >= 4 is 50.6 Å². The number of thiophene rings is 1. The molecule has 206 valence electrons. The Hall–Kier alpha value is -3.82. The lowest BCUT2D eigenvalue weighted by molar-refractivity contribution is 0.0156. The zero-order valence-corrected chi connectivity index (χ0v) is 23.2. The Morgan fingerprint density at radius 1 is 1.25 bits per heavy atom. The van der Waals surface area contributed by atoms with Crippen LogP contribution < -0.4 is 15.4 Å². The van der Waals surface area contributed by atoms with Gasteiger partial charge in [0.25, 0.3) is 5.88 Å². The van der Waals surface area contributed by atoms with Crippen molar-refractivity contribution in [3.63, 3.8) is 0 Å². The number of benzene rings is 1. The molecule has 3 aromatic heterocycles. The summed E-state index contributed by atoms with van der Waals surface area (Å²) in [5, 5.41) is 14.0. The molecule has 2 aliphatic heterocycles. The highest BCUT2D eigenvalue weighted by atomic mass is 35.5. The van der Waals surface area contributed by atoms with Gasteiger partial charge in [0.2, 0.25) is 0 Å². The normalized spacial score (nSPS) is 18.8. The molecule has 6 rings (SSSR count). The maximum absolute atomic E-state index is 12.4. The molecule has 0 aliphatic carbocycles. The average Bonchev–Trinajstić information content (AvgIpc) is 3.71. The molecule has 0 bridgehead atoms. The molecule has 1 amide bonds. The maximum atomic E-state index is 12.4. The number of nitrogens with zero attached hydrogens (tertiary/aromatic N) is 3. The predicted molar refractivity (Wildman–Crippen MR) is 152 cm³/mol. The van der Waals surface area contributed by atoms with Crippen LogP contribution >= 0.6 is 22.9 Å². The topological polar surface area (TPSA) is 111 Å². The largest absolute Gasteiger partial charge is 0.445 e. The monoisotopic (exact) mass is 579 g/mol. The maximum Gasteiger partial charge on any atom is 0.410 e. The fraction of sp³-hybridized carbons (Fsp3) is 0.321. The van der Waals surface area contributed by atoms with E-state index in [2.05, 4.69) is 27.6 Å². The molecular weight excluding hydrogens is 554 g/mol. The van der Waals surface area contributed by atoms with E-state index in [1.165, 1.54) is 0 Å². The first kappa shape index (κ1) is 26.4. The Balaban J connectivity index is 1.13. The highest BCUT2D eigenvalue weighted by Gasteiger charge is 2.28. The Bertz CT molecular complexity index is 1590. The lowest BCUT2D eigenvalue weighted by atomic mass is 10.2. The van der Waals surface area contributed by atoms with Crippen LogP contribution in [0.2, 0.25) is 5.02 Å². The first-order chi connectivity index (χ1) is 19.5. The SMILES string of the molecule is Cc1cc(Oc2ccc(Nc3nc(C#C[C@@H]4C[C@@H](OC(=O)N5CCOCC5)CN4)cc4sccc34)cc2Cl)no1. The summed E-state index contributed by atoms with van der Waals surface area (Å²) >= 11 is 8.10. The quantitative estimate of drug-likeness (QED) is 0.303. The molecule has 5 heterocycles. The fourth-order valence-electron chi connectivity index (χ4n) is 4.45. The Morgan fingerprint density at radius 2 is 2.12 bits per heavy atom. The van der Waals surface area contributed by atoms with E-state index in [0.29, 0.717) is 73.2 Å². The van der Waals surface area contributed by atoms with Crippen LogP contribution in [0.3, 0.4) is 0 Å². The van der Waals surface area contributed by atoms with E-state index in [1.807, 2.05) is 23.6 Å². The lowest BCUT2D eigenvalue weighted by Crippen LogP contribution is -2.42. The highest BCUT2D eigenvalue weighted by molar-refractivity contribution is 7.17. The Morgan fingerprint density at radius 3 is 2.92 bits per heavy atom. The average molecular weight is 580 g/mol. The van der Waals surface area contributed by atoms with Crippen molar-refractivity contribution in [1.82, 2.24) is 20.4 Å². The van der Waals surface area contributed by atoms with Crippen molar-refractivity contribution < 1.29 is 23.5 Å². The summed E-state index contributed by atoms with van der Waals surface area (Å²) in [6.07, 6.45) is 0.109. The van der Waals surface area contributed by atoms with Gasteiger partial charge in [-0.25, -0.2) is 9.78 Å². The number of halogens is 1.